The second-order valence-corrected chi connectivity index (χ2v) is 7.45. The number of carbonyl (C=O) groups is 1. The van der Waals surface area contributed by atoms with Crippen LogP contribution < -0.4 is 14.8 Å². The predicted molar refractivity (Wildman–Crippen MR) is 120 cm³/mol. The van der Waals surface area contributed by atoms with Crippen molar-refractivity contribution in [1.29, 1.82) is 0 Å². The van der Waals surface area contributed by atoms with Gasteiger partial charge in [-0.1, -0.05) is 36.4 Å². The molecule has 2 aromatic carbocycles. The van der Waals surface area contributed by atoms with E-state index in [1.807, 2.05) is 18.2 Å². The lowest BCUT2D eigenvalue weighted by molar-refractivity contribution is -0.431. The molecule has 0 radical (unpaired) electrons. The van der Waals surface area contributed by atoms with Crippen molar-refractivity contribution in [2.75, 3.05) is 13.2 Å². The zero-order chi connectivity index (χ0) is 25.4. The minimum absolute atomic E-state index is 0.0296. The average Bonchev–Trinajstić information content (AvgIpc) is 2.81. The number of carbonyl (C=O) groups excluding carboxylic acids is 1. The van der Waals surface area contributed by atoms with E-state index in [0.717, 1.165) is 0 Å². The first-order valence-corrected chi connectivity index (χ1v) is 10.7. The minimum Gasteiger partial charge on any atom is -0.493 e. The number of dihydropyridines is 1. The van der Waals surface area contributed by atoms with Crippen LogP contribution in [0.1, 0.15) is 31.7 Å². The Morgan fingerprint density at radius 2 is 1.74 bits per heavy atom. The van der Waals surface area contributed by atoms with Gasteiger partial charge < -0.3 is 24.3 Å². The van der Waals surface area contributed by atoms with Crippen molar-refractivity contribution in [3.05, 3.63) is 93.1 Å². The van der Waals surface area contributed by atoms with E-state index in [0.29, 0.717) is 12.2 Å². The van der Waals surface area contributed by atoms with Crippen molar-refractivity contribution in [2.24, 2.45) is 0 Å². The van der Waals surface area contributed by atoms with E-state index in [-0.39, 0.29) is 47.4 Å². The monoisotopic (exact) mass is 490 g/mol. The molecule has 0 aromatic heterocycles. The summed E-state index contributed by atoms with van der Waals surface area (Å²) in [5, 5.41) is 14.7. The number of hydrogen-bond donors (Lipinski definition) is 1. The SMILES string of the molecule is CC1=C(OC(=O)OCCCOc2ccccc2)C(c2ccccc2OC(F)F)C([N+](=O)[O-])=C(C)N1. The average molecular weight is 490 g/mol. The summed E-state index contributed by atoms with van der Waals surface area (Å²) in [6.45, 7) is 0.111. The van der Waals surface area contributed by atoms with Crippen molar-refractivity contribution >= 4 is 6.16 Å². The molecular formula is C24H24F2N2O7. The maximum atomic E-state index is 13.0. The fourth-order valence-corrected chi connectivity index (χ4v) is 3.59. The molecule has 1 atom stereocenters. The number of rotatable bonds is 10. The number of nitrogens with one attached hydrogen (secondary N) is 1. The van der Waals surface area contributed by atoms with Gasteiger partial charge in [-0.05, 0) is 32.0 Å². The maximum Gasteiger partial charge on any atom is 0.513 e. The molecule has 0 aliphatic carbocycles. The summed E-state index contributed by atoms with van der Waals surface area (Å²) in [5.74, 6) is -1.05. The Balaban J connectivity index is 1.74. The van der Waals surface area contributed by atoms with Crippen LogP contribution in [0.3, 0.4) is 0 Å². The van der Waals surface area contributed by atoms with Crippen LogP contribution in [0.5, 0.6) is 11.5 Å². The van der Waals surface area contributed by atoms with Crippen LogP contribution in [-0.2, 0) is 9.47 Å². The third-order valence-corrected chi connectivity index (χ3v) is 5.02. The number of nitrogens with zero attached hydrogens (tertiary/aromatic N) is 1. The number of halogens is 2. The Kier molecular flexibility index (Phi) is 8.60. The van der Waals surface area contributed by atoms with Crippen molar-refractivity contribution in [1.82, 2.24) is 5.32 Å². The first-order chi connectivity index (χ1) is 16.8. The molecule has 1 N–H and O–H groups in total. The Labute approximate surface area is 200 Å². The number of nitro groups is 1. The normalized spacial score (nSPS) is 15.5. The lowest BCUT2D eigenvalue weighted by atomic mass is 9.89. The molecule has 186 valence electrons. The fraction of sp³-hybridized carbons (Fsp3) is 0.292. The first kappa shape index (κ1) is 25.5. The van der Waals surface area contributed by atoms with Crippen LogP contribution in [0.2, 0.25) is 0 Å². The van der Waals surface area contributed by atoms with E-state index in [2.05, 4.69) is 10.1 Å². The third-order valence-electron chi connectivity index (χ3n) is 5.02. The lowest BCUT2D eigenvalue weighted by Gasteiger charge is -2.27. The van der Waals surface area contributed by atoms with E-state index < -0.39 is 23.6 Å². The van der Waals surface area contributed by atoms with E-state index in [1.54, 1.807) is 19.1 Å². The van der Waals surface area contributed by atoms with Gasteiger partial charge in [0.15, 0.2) is 0 Å². The Morgan fingerprint density at radius 3 is 2.43 bits per heavy atom. The van der Waals surface area contributed by atoms with Gasteiger partial charge in [0.1, 0.15) is 23.2 Å². The van der Waals surface area contributed by atoms with Gasteiger partial charge in [0.2, 0.25) is 0 Å². The first-order valence-electron chi connectivity index (χ1n) is 10.7. The molecule has 35 heavy (non-hydrogen) atoms. The second-order valence-electron chi connectivity index (χ2n) is 7.45. The Bertz CT molecular complexity index is 1120. The van der Waals surface area contributed by atoms with Gasteiger partial charge in [0.05, 0.1) is 29.5 Å². The predicted octanol–water partition coefficient (Wildman–Crippen LogP) is 5.34. The second kappa shape index (κ2) is 11.8. The molecule has 0 fully saturated rings. The molecule has 9 nitrogen and oxygen atoms in total. The highest BCUT2D eigenvalue weighted by atomic mass is 19.3. The van der Waals surface area contributed by atoms with Crippen LogP contribution >= 0.6 is 0 Å². The number of hydrogen-bond acceptors (Lipinski definition) is 8. The lowest BCUT2D eigenvalue weighted by Crippen LogP contribution is -2.30. The molecule has 1 heterocycles. The van der Waals surface area contributed by atoms with Gasteiger partial charge in [-0.25, -0.2) is 4.79 Å². The number of benzene rings is 2. The van der Waals surface area contributed by atoms with Crippen LogP contribution in [0.25, 0.3) is 0 Å². The molecule has 0 saturated heterocycles. The molecule has 0 bridgehead atoms. The van der Waals surface area contributed by atoms with E-state index >= 15 is 0 Å². The van der Waals surface area contributed by atoms with E-state index in [1.165, 1.54) is 31.2 Å². The maximum absolute atomic E-state index is 13.0. The van der Waals surface area contributed by atoms with Crippen LogP contribution in [0, 0.1) is 10.1 Å². The topological polar surface area (TPSA) is 109 Å². The molecule has 1 aliphatic heterocycles. The molecule has 1 unspecified atom stereocenters. The summed E-state index contributed by atoms with van der Waals surface area (Å²) >= 11 is 0. The summed E-state index contributed by atoms with van der Waals surface area (Å²) in [4.78, 5) is 23.6. The van der Waals surface area contributed by atoms with E-state index in [9.17, 15) is 23.7 Å². The molecule has 0 amide bonds. The largest absolute Gasteiger partial charge is 0.513 e. The van der Waals surface area contributed by atoms with Crippen LogP contribution in [-0.4, -0.2) is 30.9 Å². The number of allylic oxidation sites excluding steroid dienone is 2. The molecular weight excluding hydrogens is 466 g/mol. The summed E-state index contributed by atoms with van der Waals surface area (Å²) in [7, 11) is 0. The van der Waals surface area contributed by atoms with E-state index in [4.69, 9.17) is 14.2 Å². The number of alkyl halides is 2. The van der Waals surface area contributed by atoms with Gasteiger partial charge in [0.25, 0.3) is 5.70 Å². The van der Waals surface area contributed by atoms with Crippen molar-refractivity contribution in [3.63, 3.8) is 0 Å². The number of para-hydroxylation sites is 2. The van der Waals surface area contributed by atoms with Gasteiger partial charge in [-0.15, -0.1) is 0 Å². The zero-order valence-corrected chi connectivity index (χ0v) is 19.0. The van der Waals surface area contributed by atoms with Crippen LogP contribution in [0.15, 0.2) is 77.4 Å². The van der Waals surface area contributed by atoms with Crippen molar-refractivity contribution in [2.45, 2.75) is 32.8 Å². The van der Waals surface area contributed by atoms with Crippen molar-refractivity contribution in [3.8, 4) is 11.5 Å². The van der Waals surface area contributed by atoms with Crippen molar-refractivity contribution < 1.29 is 37.4 Å². The highest BCUT2D eigenvalue weighted by Crippen LogP contribution is 2.42. The zero-order valence-electron chi connectivity index (χ0n) is 19.0. The third kappa shape index (κ3) is 6.69. The summed E-state index contributed by atoms with van der Waals surface area (Å²) in [5.41, 5.74) is 0.121. The highest BCUT2D eigenvalue weighted by Gasteiger charge is 2.41. The molecule has 0 spiro atoms. The Morgan fingerprint density at radius 1 is 1.06 bits per heavy atom. The molecule has 3 rings (SSSR count). The van der Waals surface area contributed by atoms with Gasteiger partial charge in [-0.2, -0.15) is 8.78 Å². The molecule has 0 saturated carbocycles. The Hall–Kier alpha value is -4.15. The summed E-state index contributed by atoms with van der Waals surface area (Å²) < 4.78 is 46.5. The molecule has 11 heteroatoms. The molecule has 1 aliphatic rings. The number of ether oxygens (including phenoxy) is 4. The summed E-state index contributed by atoms with van der Waals surface area (Å²) in [6, 6.07) is 14.7. The fourth-order valence-electron chi connectivity index (χ4n) is 3.59. The van der Waals surface area contributed by atoms with Gasteiger partial charge in [-0.3, -0.25) is 10.1 Å². The van der Waals surface area contributed by atoms with Gasteiger partial charge >= 0.3 is 12.8 Å². The minimum atomic E-state index is -3.15. The van der Waals surface area contributed by atoms with Crippen LogP contribution in [0.4, 0.5) is 13.6 Å². The smallest absolute Gasteiger partial charge is 0.493 e. The standard InChI is InChI=1S/C24H24F2N2O7/c1-15-21(28(30)31)20(18-11-6-7-12-19(18)34-23(25)26)22(16(2)27-15)35-24(29)33-14-8-13-32-17-9-4-3-5-10-17/h3-7,9-12,20,23,27H,8,13-14H2,1-2H3. The quantitative estimate of drug-likeness (QED) is 0.206. The highest BCUT2D eigenvalue weighted by molar-refractivity contribution is 5.63. The molecule has 2 aromatic rings. The summed E-state index contributed by atoms with van der Waals surface area (Å²) in [6.07, 6.45) is -0.728. The van der Waals surface area contributed by atoms with Gasteiger partial charge in [0, 0.05) is 12.0 Å².